The molecule has 1 aliphatic heterocycles. The summed E-state index contributed by atoms with van der Waals surface area (Å²) >= 11 is 0. The second-order valence-corrected chi connectivity index (χ2v) is 12.4. The average molecular weight is 697 g/mol. The Bertz CT molecular complexity index is 1770. The lowest BCUT2D eigenvalue weighted by Crippen LogP contribution is -2.52. The van der Waals surface area contributed by atoms with E-state index in [2.05, 4.69) is 32.3 Å². The summed E-state index contributed by atoms with van der Waals surface area (Å²) in [5, 5.41) is 8.65. The van der Waals surface area contributed by atoms with Gasteiger partial charge in [0, 0.05) is 41.7 Å². The molecule has 270 valence electrons. The van der Waals surface area contributed by atoms with Crippen LogP contribution in [0.4, 0.5) is 21.9 Å². The van der Waals surface area contributed by atoms with Crippen molar-refractivity contribution in [2.24, 2.45) is 16.5 Å². The predicted octanol–water partition coefficient (Wildman–Crippen LogP) is 4.94. The van der Waals surface area contributed by atoms with Crippen LogP contribution in [-0.4, -0.2) is 78.8 Å². The van der Waals surface area contributed by atoms with Gasteiger partial charge in [0.15, 0.2) is 0 Å². The fourth-order valence-electron chi connectivity index (χ4n) is 5.18. The van der Waals surface area contributed by atoms with Gasteiger partial charge in [-0.1, -0.05) is 43.0 Å². The third-order valence-electron chi connectivity index (χ3n) is 7.88. The lowest BCUT2D eigenvalue weighted by atomic mass is 10.00. The molecule has 0 unspecified atom stereocenters. The Balaban J connectivity index is 0.00000107. The molecule has 7 N–H and O–H groups in total. The number of carbonyl (C=O) groups excluding carboxylic acids is 4. The monoisotopic (exact) mass is 696 g/mol. The average Bonchev–Trinajstić information content (AvgIpc) is 3.33. The quantitative estimate of drug-likeness (QED) is 0.0808. The molecule has 13 heteroatoms. The summed E-state index contributed by atoms with van der Waals surface area (Å²) in [5.74, 6) is -0.697. The largest absolute Gasteiger partial charge is 0.466 e. The molecule has 0 radical (unpaired) electrons. The van der Waals surface area contributed by atoms with E-state index in [-0.39, 0.29) is 42.2 Å². The normalized spacial score (nSPS) is 14.2. The van der Waals surface area contributed by atoms with Crippen molar-refractivity contribution >= 4 is 46.7 Å². The highest BCUT2D eigenvalue weighted by Gasteiger charge is 2.42. The van der Waals surface area contributed by atoms with Crippen molar-refractivity contribution in [2.45, 2.75) is 39.3 Å². The van der Waals surface area contributed by atoms with E-state index in [1.54, 1.807) is 60.4 Å². The standard InChI is InChI=1S/C34H40N8O3.C4H8O2/c1-6-29(43)37-24-17-15-23(16-18-24)32(44)39-26-14-10-13-25(19-26)38-31(36)27-20-42(34(2,3)30(27)35)33(45)40-28(21-41(4)5)22-11-8-7-9-12-22;1-3-6-4(2)5/h6-19,28H,1,20-21,35H2,2-5H3,(H2,36,38)(H,37,43)(H,39,44)(H,40,45);3H2,1-2H3/t28-;/m1./s1. The van der Waals surface area contributed by atoms with Crippen LogP contribution in [0, 0.1) is 0 Å². The van der Waals surface area contributed by atoms with E-state index in [9.17, 15) is 19.2 Å². The first-order valence-corrected chi connectivity index (χ1v) is 16.4. The van der Waals surface area contributed by atoms with Gasteiger partial charge < -0.3 is 42.0 Å². The SMILES string of the molecule is C=CC(=O)Nc1ccc(C(=O)Nc2cccc(N=C(N)C3=C(N)C(C)(C)N(C(=O)N[C@H](CN(C)C)c4ccccc4)C3)c2)cc1.CCOC(C)=O. The highest BCUT2D eigenvalue weighted by atomic mass is 16.5. The summed E-state index contributed by atoms with van der Waals surface area (Å²) in [6.45, 7) is 11.6. The van der Waals surface area contributed by atoms with E-state index in [1.165, 1.54) is 13.0 Å². The number of anilines is 2. The number of amidine groups is 1. The summed E-state index contributed by atoms with van der Waals surface area (Å²) in [7, 11) is 3.92. The summed E-state index contributed by atoms with van der Waals surface area (Å²) < 4.78 is 4.40. The maximum atomic E-state index is 13.6. The van der Waals surface area contributed by atoms with E-state index >= 15 is 0 Å². The smallest absolute Gasteiger partial charge is 0.318 e. The minimum atomic E-state index is -0.807. The van der Waals surface area contributed by atoms with Crippen molar-refractivity contribution < 1.29 is 23.9 Å². The first kappa shape index (κ1) is 39.5. The molecular weight excluding hydrogens is 648 g/mol. The lowest BCUT2D eigenvalue weighted by Gasteiger charge is -2.35. The van der Waals surface area contributed by atoms with Crippen LogP contribution in [0.2, 0.25) is 0 Å². The van der Waals surface area contributed by atoms with Crippen LogP contribution in [0.3, 0.4) is 0 Å². The maximum Gasteiger partial charge on any atom is 0.318 e. The number of hydrogen-bond acceptors (Lipinski definition) is 8. The van der Waals surface area contributed by atoms with E-state index in [1.807, 2.05) is 63.2 Å². The van der Waals surface area contributed by atoms with Crippen molar-refractivity contribution in [2.75, 3.05) is 44.4 Å². The molecule has 13 nitrogen and oxygen atoms in total. The Morgan fingerprint density at radius 2 is 1.67 bits per heavy atom. The Kier molecular flexibility index (Phi) is 14.1. The molecule has 0 saturated heterocycles. The van der Waals surface area contributed by atoms with Gasteiger partial charge in [0.1, 0.15) is 5.84 Å². The molecule has 0 bridgehead atoms. The van der Waals surface area contributed by atoms with Crippen LogP contribution >= 0.6 is 0 Å². The fraction of sp³-hybridized carbons (Fsp3) is 0.289. The number of carbonyl (C=O) groups is 4. The van der Waals surface area contributed by atoms with Crippen molar-refractivity contribution in [1.29, 1.82) is 0 Å². The number of likely N-dealkylation sites (N-methyl/N-ethyl adjacent to an activating group) is 1. The molecule has 4 rings (SSSR count). The van der Waals surface area contributed by atoms with Crippen LogP contribution in [-0.2, 0) is 14.3 Å². The zero-order valence-corrected chi connectivity index (χ0v) is 30.0. The van der Waals surface area contributed by atoms with Crippen LogP contribution in [0.25, 0.3) is 0 Å². The van der Waals surface area contributed by atoms with Gasteiger partial charge in [-0.3, -0.25) is 14.4 Å². The molecule has 3 aromatic rings. The number of nitrogens with one attached hydrogen (secondary N) is 3. The van der Waals surface area contributed by atoms with Crippen molar-refractivity contribution in [3.63, 3.8) is 0 Å². The van der Waals surface area contributed by atoms with Crippen LogP contribution in [0.1, 0.15) is 49.7 Å². The minimum absolute atomic E-state index is 0.184. The van der Waals surface area contributed by atoms with E-state index < -0.39 is 5.54 Å². The van der Waals surface area contributed by atoms with Gasteiger partial charge in [0.05, 0.1) is 30.4 Å². The van der Waals surface area contributed by atoms with E-state index in [0.29, 0.717) is 47.0 Å². The number of rotatable bonds is 11. The number of urea groups is 1. The summed E-state index contributed by atoms with van der Waals surface area (Å²) in [4.78, 5) is 56.0. The number of nitrogens with two attached hydrogens (primary N) is 2. The number of ether oxygens (including phenoxy) is 1. The number of aliphatic imine (C=N–C) groups is 1. The summed E-state index contributed by atoms with van der Waals surface area (Å²) in [6, 6.07) is 22.7. The summed E-state index contributed by atoms with van der Waals surface area (Å²) in [5.41, 5.74) is 16.2. The molecule has 51 heavy (non-hydrogen) atoms. The first-order valence-electron chi connectivity index (χ1n) is 16.4. The van der Waals surface area contributed by atoms with E-state index in [0.717, 1.165) is 5.56 Å². The van der Waals surface area contributed by atoms with Gasteiger partial charge in [-0.15, -0.1) is 0 Å². The van der Waals surface area contributed by atoms with Gasteiger partial charge >= 0.3 is 12.0 Å². The fourth-order valence-corrected chi connectivity index (χ4v) is 5.18. The summed E-state index contributed by atoms with van der Waals surface area (Å²) in [6.07, 6.45) is 1.17. The Hall–Kier alpha value is -5.95. The zero-order valence-electron chi connectivity index (χ0n) is 30.0. The third-order valence-corrected chi connectivity index (χ3v) is 7.88. The number of esters is 1. The molecule has 4 amide bonds. The van der Waals surface area contributed by atoms with Crippen molar-refractivity contribution in [3.05, 3.63) is 114 Å². The number of amides is 4. The number of benzene rings is 3. The second kappa shape index (κ2) is 18.2. The molecule has 0 fully saturated rings. The van der Waals surface area contributed by atoms with Gasteiger partial charge in [-0.25, -0.2) is 9.79 Å². The second-order valence-electron chi connectivity index (χ2n) is 12.4. The molecule has 0 aliphatic carbocycles. The molecular formula is C38H48N8O5. The Labute approximate surface area is 299 Å². The highest BCUT2D eigenvalue weighted by molar-refractivity contribution is 6.05. The van der Waals surface area contributed by atoms with Gasteiger partial charge in [0.25, 0.3) is 5.91 Å². The van der Waals surface area contributed by atoms with Gasteiger partial charge in [-0.05, 0) is 89.0 Å². The third kappa shape index (κ3) is 11.3. The zero-order chi connectivity index (χ0) is 37.7. The molecule has 0 aromatic heterocycles. The van der Waals surface area contributed by atoms with Crippen LogP contribution in [0.5, 0.6) is 0 Å². The van der Waals surface area contributed by atoms with Gasteiger partial charge in [0.2, 0.25) is 5.91 Å². The molecule has 0 spiro atoms. The molecule has 1 heterocycles. The molecule has 3 aromatic carbocycles. The number of hydrogen-bond donors (Lipinski definition) is 5. The molecule has 1 atom stereocenters. The van der Waals surface area contributed by atoms with Crippen molar-refractivity contribution in [1.82, 2.24) is 15.1 Å². The Morgan fingerprint density at radius 3 is 2.24 bits per heavy atom. The van der Waals surface area contributed by atoms with Gasteiger partial charge in [-0.2, -0.15) is 0 Å². The Morgan fingerprint density at radius 1 is 1.00 bits per heavy atom. The maximum absolute atomic E-state index is 13.6. The predicted molar refractivity (Wildman–Crippen MR) is 202 cm³/mol. The number of nitrogens with zero attached hydrogens (tertiary/aromatic N) is 3. The van der Waals surface area contributed by atoms with E-state index in [4.69, 9.17) is 11.5 Å². The minimum Gasteiger partial charge on any atom is -0.466 e. The molecule has 0 saturated carbocycles. The van der Waals surface area contributed by atoms with Crippen LogP contribution < -0.4 is 27.4 Å². The molecule has 1 aliphatic rings. The van der Waals surface area contributed by atoms with Crippen molar-refractivity contribution in [3.8, 4) is 0 Å². The lowest BCUT2D eigenvalue weighted by molar-refractivity contribution is -0.140. The topological polar surface area (TPSA) is 184 Å². The van der Waals surface area contributed by atoms with Crippen LogP contribution in [0.15, 0.2) is 108 Å². The first-order chi connectivity index (χ1) is 24.2. The highest BCUT2D eigenvalue weighted by Crippen LogP contribution is 2.32.